The van der Waals surface area contributed by atoms with Gasteiger partial charge in [-0.05, 0) is 24.1 Å². The number of rotatable bonds is 8. The molecule has 1 saturated heterocycles. The van der Waals surface area contributed by atoms with Crippen LogP contribution in [0.15, 0.2) is 18.2 Å². The predicted octanol–water partition coefficient (Wildman–Crippen LogP) is 0.804. The van der Waals surface area contributed by atoms with E-state index in [9.17, 15) is 18.4 Å². The lowest BCUT2D eigenvalue weighted by molar-refractivity contribution is -0.133. The van der Waals surface area contributed by atoms with Crippen molar-refractivity contribution in [2.24, 2.45) is 0 Å². The van der Waals surface area contributed by atoms with Crippen molar-refractivity contribution in [3.05, 3.63) is 35.4 Å². The summed E-state index contributed by atoms with van der Waals surface area (Å²) in [5.74, 6) is -1.85. The smallest absolute Gasteiger partial charge is 0.234 e. The Balaban J connectivity index is 1.69. The lowest BCUT2D eigenvalue weighted by Gasteiger charge is -2.34. The van der Waals surface area contributed by atoms with E-state index in [1.54, 1.807) is 12.0 Å². The van der Waals surface area contributed by atoms with E-state index in [4.69, 9.17) is 4.74 Å². The Morgan fingerprint density at radius 1 is 1.15 bits per heavy atom. The summed E-state index contributed by atoms with van der Waals surface area (Å²) < 4.78 is 31.0. The molecule has 2 rings (SSSR count). The van der Waals surface area contributed by atoms with Gasteiger partial charge in [-0.3, -0.25) is 14.5 Å². The zero-order valence-corrected chi connectivity index (χ0v) is 15.0. The first-order chi connectivity index (χ1) is 12.5. The molecule has 6 nitrogen and oxygen atoms in total. The fraction of sp³-hybridized carbons (Fsp3) is 0.556. The summed E-state index contributed by atoms with van der Waals surface area (Å²) in [6.07, 6.45) is 0.626. The van der Waals surface area contributed by atoms with Crippen molar-refractivity contribution < 1.29 is 23.1 Å². The van der Waals surface area contributed by atoms with E-state index in [1.807, 2.05) is 4.90 Å². The molecule has 2 amide bonds. The second kappa shape index (κ2) is 10.2. The molecule has 1 aliphatic heterocycles. The SMILES string of the molecule is COCCNC(=O)CN1CCN(C(=O)CCc2ccc(F)c(F)c2)CC1. The standard InChI is InChI=1S/C18H25F2N3O3/c1-26-11-6-21-17(24)13-22-7-9-23(10-8-22)18(25)5-3-14-2-4-15(19)16(20)12-14/h2,4,12H,3,5-11,13H2,1H3,(H,21,24). The van der Waals surface area contributed by atoms with Gasteiger partial charge in [0.25, 0.3) is 0 Å². The van der Waals surface area contributed by atoms with Crippen LogP contribution >= 0.6 is 0 Å². The second-order valence-electron chi connectivity index (χ2n) is 6.25. The van der Waals surface area contributed by atoms with Crippen LogP contribution in [0.3, 0.4) is 0 Å². The Kier molecular flexibility index (Phi) is 7.93. The molecule has 0 unspecified atom stereocenters. The molecule has 1 N–H and O–H groups in total. The number of piperazine rings is 1. The molecule has 8 heteroatoms. The average Bonchev–Trinajstić information content (AvgIpc) is 2.63. The number of ether oxygens (including phenoxy) is 1. The number of hydrogen-bond donors (Lipinski definition) is 1. The van der Waals surface area contributed by atoms with E-state index in [-0.39, 0.29) is 18.2 Å². The van der Waals surface area contributed by atoms with Gasteiger partial charge in [-0.1, -0.05) is 6.07 Å². The summed E-state index contributed by atoms with van der Waals surface area (Å²) >= 11 is 0. The highest BCUT2D eigenvalue weighted by Crippen LogP contribution is 2.12. The number of nitrogens with zero attached hydrogens (tertiary/aromatic N) is 2. The number of amides is 2. The van der Waals surface area contributed by atoms with Crippen molar-refractivity contribution >= 4 is 11.8 Å². The van der Waals surface area contributed by atoms with Crippen molar-refractivity contribution in [1.29, 1.82) is 0 Å². The summed E-state index contributed by atoms with van der Waals surface area (Å²) in [4.78, 5) is 27.8. The first kappa shape index (κ1) is 20.3. The van der Waals surface area contributed by atoms with Gasteiger partial charge in [0.1, 0.15) is 0 Å². The maximum atomic E-state index is 13.2. The van der Waals surface area contributed by atoms with Gasteiger partial charge in [0.05, 0.1) is 13.2 Å². The number of aryl methyl sites for hydroxylation is 1. The van der Waals surface area contributed by atoms with Crippen molar-refractivity contribution in [3.63, 3.8) is 0 Å². The van der Waals surface area contributed by atoms with Crippen LogP contribution < -0.4 is 5.32 Å². The van der Waals surface area contributed by atoms with Crippen LogP contribution in [0.2, 0.25) is 0 Å². The largest absolute Gasteiger partial charge is 0.383 e. The van der Waals surface area contributed by atoms with Gasteiger partial charge >= 0.3 is 0 Å². The van der Waals surface area contributed by atoms with Crippen molar-refractivity contribution in [1.82, 2.24) is 15.1 Å². The number of benzene rings is 1. The van der Waals surface area contributed by atoms with Crippen molar-refractivity contribution in [2.45, 2.75) is 12.8 Å². The minimum absolute atomic E-state index is 0.0149. The molecule has 1 heterocycles. The molecule has 0 aliphatic carbocycles. The second-order valence-corrected chi connectivity index (χ2v) is 6.25. The van der Waals surface area contributed by atoms with Crippen LogP contribution in [0.25, 0.3) is 0 Å². The molecule has 1 aliphatic rings. The topological polar surface area (TPSA) is 61.9 Å². The van der Waals surface area contributed by atoms with E-state index in [0.29, 0.717) is 57.9 Å². The van der Waals surface area contributed by atoms with Crippen molar-refractivity contribution in [2.75, 3.05) is 53.0 Å². The summed E-state index contributed by atoms with van der Waals surface area (Å²) in [5, 5.41) is 2.77. The van der Waals surface area contributed by atoms with E-state index in [0.717, 1.165) is 12.1 Å². The number of carbonyl (C=O) groups is 2. The molecule has 1 aromatic rings. The number of nitrogens with one attached hydrogen (secondary N) is 1. The van der Waals surface area contributed by atoms with Gasteiger partial charge in [-0.2, -0.15) is 0 Å². The summed E-state index contributed by atoms with van der Waals surface area (Å²) in [7, 11) is 1.58. The molecular weight excluding hydrogens is 344 g/mol. The van der Waals surface area contributed by atoms with Gasteiger partial charge in [-0.15, -0.1) is 0 Å². The van der Waals surface area contributed by atoms with Crippen molar-refractivity contribution in [3.8, 4) is 0 Å². The van der Waals surface area contributed by atoms with Crippen LogP contribution in [0.5, 0.6) is 0 Å². The molecule has 1 aromatic carbocycles. The highest BCUT2D eigenvalue weighted by atomic mass is 19.2. The quantitative estimate of drug-likeness (QED) is 0.689. The Morgan fingerprint density at radius 2 is 1.88 bits per heavy atom. The van der Waals surface area contributed by atoms with E-state index >= 15 is 0 Å². The predicted molar refractivity (Wildman–Crippen MR) is 92.6 cm³/mol. The molecule has 1 fully saturated rings. The number of halogens is 2. The normalized spacial score (nSPS) is 15.1. The summed E-state index contributed by atoms with van der Waals surface area (Å²) in [6.45, 7) is 3.65. The number of hydrogen-bond acceptors (Lipinski definition) is 4. The van der Waals surface area contributed by atoms with Crippen LogP contribution in [0.1, 0.15) is 12.0 Å². The highest BCUT2D eigenvalue weighted by molar-refractivity contribution is 5.78. The fourth-order valence-corrected chi connectivity index (χ4v) is 2.81. The Labute approximate surface area is 152 Å². The first-order valence-corrected chi connectivity index (χ1v) is 8.69. The van der Waals surface area contributed by atoms with Gasteiger partial charge in [0, 0.05) is 46.3 Å². The van der Waals surface area contributed by atoms with E-state index in [2.05, 4.69) is 5.32 Å². The molecular formula is C18H25F2N3O3. The molecule has 0 saturated carbocycles. The van der Waals surface area contributed by atoms with Crippen LogP contribution in [-0.4, -0.2) is 74.6 Å². The summed E-state index contributed by atoms with van der Waals surface area (Å²) in [6, 6.07) is 3.69. The first-order valence-electron chi connectivity index (χ1n) is 8.69. The average molecular weight is 369 g/mol. The monoisotopic (exact) mass is 369 g/mol. The lowest BCUT2D eigenvalue weighted by Crippen LogP contribution is -2.51. The Bertz CT molecular complexity index is 620. The Hall–Kier alpha value is -2.06. The molecule has 0 radical (unpaired) electrons. The third kappa shape index (κ3) is 6.34. The molecule has 144 valence electrons. The maximum absolute atomic E-state index is 13.2. The zero-order valence-electron chi connectivity index (χ0n) is 15.0. The molecule has 0 bridgehead atoms. The lowest BCUT2D eigenvalue weighted by atomic mass is 10.1. The fourth-order valence-electron chi connectivity index (χ4n) is 2.81. The van der Waals surface area contributed by atoms with Gasteiger partial charge < -0.3 is 15.0 Å². The van der Waals surface area contributed by atoms with E-state index < -0.39 is 11.6 Å². The van der Waals surface area contributed by atoms with Gasteiger partial charge in [0.2, 0.25) is 11.8 Å². The summed E-state index contributed by atoms with van der Waals surface area (Å²) in [5.41, 5.74) is 0.601. The number of methoxy groups -OCH3 is 1. The van der Waals surface area contributed by atoms with Crippen LogP contribution in [-0.2, 0) is 20.7 Å². The minimum atomic E-state index is -0.896. The molecule has 0 spiro atoms. The molecule has 0 atom stereocenters. The third-order valence-corrected chi connectivity index (χ3v) is 4.33. The minimum Gasteiger partial charge on any atom is -0.383 e. The zero-order chi connectivity index (χ0) is 18.9. The third-order valence-electron chi connectivity index (χ3n) is 4.33. The van der Waals surface area contributed by atoms with Crippen LogP contribution in [0.4, 0.5) is 8.78 Å². The number of carbonyl (C=O) groups excluding carboxylic acids is 2. The van der Waals surface area contributed by atoms with E-state index in [1.165, 1.54) is 6.07 Å². The van der Waals surface area contributed by atoms with Gasteiger partial charge in [-0.25, -0.2) is 8.78 Å². The van der Waals surface area contributed by atoms with Crippen LogP contribution in [0, 0.1) is 11.6 Å². The molecule has 0 aromatic heterocycles. The Morgan fingerprint density at radius 3 is 2.54 bits per heavy atom. The maximum Gasteiger partial charge on any atom is 0.234 e. The highest BCUT2D eigenvalue weighted by Gasteiger charge is 2.22. The molecule has 26 heavy (non-hydrogen) atoms. The van der Waals surface area contributed by atoms with Gasteiger partial charge in [0.15, 0.2) is 11.6 Å².